The third kappa shape index (κ3) is 15.4. The summed E-state index contributed by atoms with van der Waals surface area (Å²) >= 11 is 0. The number of hydrogen-bond donors (Lipinski definition) is 7. The molecule has 0 aromatic heterocycles. The summed E-state index contributed by atoms with van der Waals surface area (Å²) in [6, 6.07) is 0. The molecule has 2 aliphatic rings. The molecule has 2 fully saturated rings. The molecule has 0 bridgehead atoms. The summed E-state index contributed by atoms with van der Waals surface area (Å²) < 4.78 is 22.8. The van der Waals surface area contributed by atoms with E-state index in [0.29, 0.717) is 18.6 Å². The molecule has 2 heterocycles. The molecule has 0 aromatic rings. The lowest BCUT2D eigenvalue weighted by Gasteiger charge is -2.46. The lowest BCUT2D eigenvalue weighted by atomic mass is 9.97. The first-order valence-corrected chi connectivity index (χ1v) is 18.0. The van der Waals surface area contributed by atoms with E-state index < -0.39 is 74.6 Å². The summed E-state index contributed by atoms with van der Waals surface area (Å²) in [4.78, 5) is 14.0. The molecule has 48 heavy (non-hydrogen) atoms. The van der Waals surface area contributed by atoms with Crippen LogP contribution in [0.1, 0.15) is 103 Å². The van der Waals surface area contributed by atoms with Crippen LogP contribution in [0.15, 0.2) is 12.2 Å². The van der Waals surface area contributed by atoms with Crippen LogP contribution in [-0.4, -0.2) is 148 Å². The number of aliphatic hydroxyl groups excluding tert-OH is 7. The maximum atomic E-state index is 11.9. The second-order valence-electron chi connectivity index (χ2n) is 13.7. The van der Waals surface area contributed by atoms with Gasteiger partial charge in [-0.3, -0.25) is 4.79 Å². The highest BCUT2D eigenvalue weighted by Crippen LogP contribution is 2.30. The van der Waals surface area contributed by atoms with Gasteiger partial charge in [0.2, 0.25) is 0 Å². The van der Waals surface area contributed by atoms with Crippen LogP contribution in [0.5, 0.6) is 0 Å². The normalized spacial score (nSPS) is 31.9. The van der Waals surface area contributed by atoms with Gasteiger partial charge in [0.15, 0.2) is 12.6 Å². The predicted octanol–water partition coefficient (Wildman–Crippen LogP) is 1.55. The lowest BCUT2D eigenvalue weighted by Crippen LogP contribution is -2.64. The van der Waals surface area contributed by atoms with Crippen molar-refractivity contribution < 1.29 is 59.5 Å². The molecule has 0 aliphatic carbocycles. The van der Waals surface area contributed by atoms with Crippen molar-refractivity contribution in [3.8, 4) is 0 Å². The van der Waals surface area contributed by atoms with E-state index in [1.807, 2.05) is 21.0 Å². The zero-order valence-corrected chi connectivity index (χ0v) is 29.4. The minimum atomic E-state index is -1.71. The summed E-state index contributed by atoms with van der Waals surface area (Å²) in [5.41, 5.74) is 0. The van der Waals surface area contributed by atoms with Gasteiger partial charge in [-0.15, -0.1) is 0 Å². The van der Waals surface area contributed by atoms with Crippen LogP contribution in [0.2, 0.25) is 0 Å². The van der Waals surface area contributed by atoms with Gasteiger partial charge >= 0.3 is 0 Å². The minimum Gasteiger partial charge on any atom is -0.394 e. The molecule has 7 N–H and O–H groups in total. The van der Waals surface area contributed by atoms with Crippen LogP contribution < -0.4 is 0 Å². The Bertz CT molecular complexity index is 877. The van der Waals surface area contributed by atoms with Crippen molar-refractivity contribution in [3.63, 3.8) is 0 Å². The number of Topliss-reactive ketones (excluding diaryl/α,β-unsaturated/α-hetero) is 1. The molecule has 2 saturated heterocycles. The first-order chi connectivity index (χ1) is 23.0. The van der Waals surface area contributed by atoms with Crippen molar-refractivity contribution in [1.29, 1.82) is 0 Å². The Morgan fingerprint density at radius 3 is 1.81 bits per heavy atom. The molecule has 11 unspecified atom stereocenters. The highest BCUT2D eigenvalue weighted by atomic mass is 16.8. The quantitative estimate of drug-likeness (QED) is 0.0538. The first-order valence-electron chi connectivity index (χ1n) is 18.0. The Kier molecular flexibility index (Phi) is 21.7. The third-order valence-electron chi connectivity index (χ3n) is 9.12. The molecule has 13 nitrogen and oxygen atoms in total. The van der Waals surface area contributed by atoms with E-state index in [-0.39, 0.29) is 6.10 Å². The van der Waals surface area contributed by atoms with Crippen molar-refractivity contribution >= 4 is 5.78 Å². The minimum absolute atomic E-state index is 0.328. The monoisotopic (exact) mass is 691 g/mol. The van der Waals surface area contributed by atoms with E-state index in [4.69, 9.17) is 18.9 Å². The van der Waals surface area contributed by atoms with Gasteiger partial charge in [-0.2, -0.15) is 0 Å². The number of rotatable bonds is 25. The van der Waals surface area contributed by atoms with E-state index in [1.165, 1.54) is 19.3 Å². The van der Waals surface area contributed by atoms with Crippen LogP contribution in [0, 0.1) is 0 Å². The van der Waals surface area contributed by atoms with Gasteiger partial charge in [0.05, 0.1) is 19.3 Å². The van der Waals surface area contributed by atoms with Crippen molar-refractivity contribution in [2.24, 2.45) is 0 Å². The fourth-order valence-electron chi connectivity index (χ4n) is 6.06. The van der Waals surface area contributed by atoms with Gasteiger partial charge in [0, 0.05) is 12.8 Å². The molecular weight excluding hydrogens is 626 g/mol. The van der Waals surface area contributed by atoms with E-state index in [2.05, 4.69) is 17.1 Å². The van der Waals surface area contributed by atoms with Gasteiger partial charge in [0.1, 0.15) is 54.6 Å². The fraction of sp³-hybridized carbons (Fsp3) is 0.914. The Labute approximate surface area is 286 Å². The number of ether oxygens (including phenoxy) is 4. The average molecular weight is 692 g/mol. The predicted molar refractivity (Wildman–Crippen MR) is 179 cm³/mol. The number of aliphatic hydroxyl groups is 7. The van der Waals surface area contributed by atoms with Crippen LogP contribution >= 0.6 is 0 Å². The highest BCUT2D eigenvalue weighted by molar-refractivity contribution is 5.78. The SMILES string of the molecule is CC(CCCCCC/C=C\CCCCCCCC(=O)CCCN(C)C)OC1OC(CO)C(O)C(O)C1OC1OC(CO)C(O)C(O)C1O. The molecule has 13 heteroatoms. The Hall–Kier alpha value is -1.07. The van der Waals surface area contributed by atoms with Gasteiger partial charge in [-0.1, -0.05) is 50.7 Å². The standard InChI is InChI=1S/C35H65NO12/c1-24(18-15-13-11-9-7-5-4-6-8-10-12-14-16-19-25(39)20-17-21-36(2)3)45-35-33(31(43)29(41)27(23-38)47-35)48-34-32(44)30(42)28(40)26(22-37)46-34/h4-5,24,26-35,37-38,40-44H,6-23H2,1-3H3/b5-4-. The van der Waals surface area contributed by atoms with Crippen LogP contribution in [-0.2, 0) is 23.7 Å². The lowest BCUT2D eigenvalue weighted by molar-refractivity contribution is -0.371. The summed E-state index contributed by atoms with van der Waals surface area (Å²) in [6.07, 6.45) is 4.57. The summed E-state index contributed by atoms with van der Waals surface area (Å²) in [5, 5.41) is 70.9. The number of carbonyl (C=O) groups excluding carboxylic acids is 1. The van der Waals surface area contributed by atoms with E-state index in [0.717, 1.165) is 70.8 Å². The van der Waals surface area contributed by atoms with Gasteiger partial charge in [0.25, 0.3) is 0 Å². The van der Waals surface area contributed by atoms with Gasteiger partial charge in [-0.05, 0) is 72.5 Å². The largest absolute Gasteiger partial charge is 0.394 e. The molecule has 0 radical (unpaired) electrons. The highest BCUT2D eigenvalue weighted by Gasteiger charge is 2.51. The second-order valence-corrected chi connectivity index (χ2v) is 13.7. The van der Waals surface area contributed by atoms with E-state index in [1.54, 1.807) is 0 Å². The molecular formula is C35H65NO12. The van der Waals surface area contributed by atoms with Crippen LogP contribution in [0.25, 0.3) is 0 Å². The molecule has 0 spiro atoms. The van der Waals surface area contributed by atoms with Gasteiger partial charge < -0.3 is 59.6 Å². The molecule has 0 saturated carbocycles. The summed E-state index contributed by atoms with van der Waals surface area (Å²) in [5.74, 6) is 0.396. The first kappa shape index (κ1) is 43.1. The van der Waals surface area contributed by atoms with Crippen molar-refractivity contribution in [2.45, 2.75) is 171 Å². The number of unbranched alkanes of at least 4 members (excludes halogenated alkanes) is 9. The Balaban J connectivity index is 1.61. The number of nitrogens with zero attached hydrogens (tertiary/aromatic N) is 1. The smallest absolute Gasteiger partial charge is 0.187 e. The van der Waals surface area contributed by atoms with Crippen LogP contribution in [0.3, 0.4) is 0 Å². The van der Waals surface area contributed by atoms with Crippen molar-refractivity contribution in [1.82, 2.24) is 4.90 Å². The zero-order valence-electron chi connectivity index (χ0n) is 29.4. The number of allylic oxidation sites excluding steroid dienone is 2. The maximum Gasteiger partial charge on any atom is 0.187 e. The number of hydrogen-bond acceptors (Lipinski definition) is 13. The van der Waals surface area contributed by atoms with Crippen molar-refractivity contribution in [3.05, 3.63) is 12.2 Å². The van der Waals surface area contributed by atoms with E-state index in [9.17, 15) is 40.5 Å². The van der Waals surface area contributed by atoms with E-state index >= 15 is 0 Å². The van der Waals surface area contributed by atoms with Gasteiger partial charge in [-0.25, -0.2) is 0 Å². The summed E-state index contributed by atoms with van der Waals surface area (Å²) in [6.45, 7) is 1.59. The van der Waals surface area contributed by atoms with Crippen LogP contribution in [0.4, 0.5) is 0 Å². The topological polar surface area (TPSA) is 199 Å². The maximum absolute atomic E-state index is 11.9. The molecule has 2 aliphatic heterocycles. The number of ketones is 1. The Morgan fingerprint density at radius 1 is 0.688 bits per heavy atom. The third-order valence-corrected chi connectivity index (χ3v) is 9.12. The fourth-order valence-corrected chi connectivity index (χ4v) is 6.06. The Morgan fingerprint density at radius 2 is 1.21 bits per heavy atom. The zero-order chi connectivity index (χ0) is 35.5. The number of carbonyl (C=O) groups is 1. The molecule has 11 atom stereocenters. The molecule has 2 rings (SSSR count). The average Bonchev–Trinajstić information content (AvgIpc) is 3.05. The second kappa shape index (κ2) is 24.2. The molecule has 282 valence electrons. The summed E-state index contributed by atoms with van der Waals surface area (Å²) in [7, 11) is 4.06. The molecule has 0 aromatic carbocycles. The van der Waals surface area contributed by atoms with Crippen molar-refractivity contribution in [2.75, 3.05) is 33.9 Å². The molecule has 0 amide bonds.